The number of aromatic nitrogens is 4. The molecule has 148 valence electrons. The van der Waals surface area contributed by atoms with Crippen molar-refractivity contribution in [3.05, 3.63) is 66.4 Å². The number of ether oxygens (including phenoxy) is 2. The van der Waals surface area contributed by atoms with E-state index in [-0.39, 0.29) is 5.92 Å². The van der Waals surface area contributed by atoms with Crippen LogP contribution in [0.5, 0.6) is 11.5 Å². The van der Waals surface area contributed by atoms with Crippen molar-refractivity contribution in [2.24, 2.45) is 0 Å². The number of H-pyrrole nitrogens is 1. The first-order valence-electron chi connectivity index (χ1n) is 9.77. The molecule has 5 aromatic rings. The maximum absolute atomic E-state index is 6.16. The number of nitrogens with zero attached hydrogens (tertiary/aromatic N) is 3. The van der Waals surface area contributed by atoms with Crippen LogP contribution in [0, 0.1) is 0 Å². The van der Waals surface area contributed by atoms with E-state index in [1.165, 1.54) is 0 Å². The van der Waals surface area contributed by atoms with Crippen molar-refractivity contribution in [2.45, 2.75) is 12.3 Å². The van der Waals surface area contributed by atoms with Gasteiger partial charge in [-0.3, -0.25) is 0 Å². The first-order chi connectivity index (χ1) is 14.8. The van der Waals surface area contributed by atoms with Gasteiger partial charge in [0.05, 0.1) is 18.7 Å². The molecule has 1 atom stereocenters. The van der Waals surface area contributed by atoms with Crippen LogP contribution in [0.2, 0.25) is 0 Å². The Morgan fingerprint density at radius 1 is 1.10 bits per heavy atom. The van der Waals surface area contributed by atoms with Crippen LogP contribution in [0.4, 0.5) is 0 Å². The highest BCUT2D eigenvalue weighted by atomic mass is 16.5. The average Bonchev–Trinajstić information content (AvgIpc) is 3.44. The van der Waals surface area contributed by atoms with Gasteiger partial charge in [-0.2, -0.15) is 0 Å². The van der Waals surface area contributed by atoms with Gasteiger partial charge in [-0.15, -0.1) is 0 Å². The lowest BCUT2D eigenvalue weighted by molar-refractivity contribution is 0.243. The third-order valence-electron chi connectivity index (χ3n) is 5.56. The van der Waals surface area contributed by atoms with Crippen molar-refractivity contribution >= 4 is 22.1 Å². The first kappa shape index (κ1) is 17.0. The third-order valence-corrected chi connectivity index (χ3v) is 5.56. The minimum atomic E-state index is 0.0517. The zero-order chi connectivity index (χ0) is 20.1. The fraction of sp³-hybridized carbons (Fsp3) is 0.174. The SMILES string of the molecule is COc1ccc2c(c1)CC(c1nc3ccc(-c4ncnc5[nH]ccc45)cc3o1)CO2. The molecule has 0 spiro atoms. The Labute approximate surface area is 171 Å². The number of hydrogen-bond acceptors (Lipinski definition) is 6. The number of fused-ring (bicyclic) bond motifs is 3. The topological polar surface area (TPSA) is 86.1 Å². The summed E-state index contributed by atoms with van der Waals surface area (Å²) in [6, 6.07) is 13.8. The Kier molecular flexibility index (Phi) is 3.74. The fourth-order valence-electron chi connectivity index (χ4n) is 4.02. The quantitative estimate of drug-likeness (QED) is 0.482. The van der Waals surface area contributed by atoms with Gasteiger partial charge in [0.15, 0.2) is 5.58 Å². The Morgan fingerprint density at radius 2 is 2.07 bits per heavy atom. The molecule has 0 radical (unpaired) electrons. The van der Waals surface area contributed by atoms with Crippen molar-refractivity contribution in [2.75, 3.05) is 13.7 Å². The molecular formula is C23H18N4O3. The van der Waals surface area contributed by atoms with E-state index in [1.54, 1.807) is 13.4 Å². The van der Waals surface area contributed by atoms with Crippen LogP contribution in [-0.4, -0.2) is 33.7 Å². The van der Waals surface area contributed by atoms with Gasteiger partial charge in [-0.1, -0.05) is 6.07 Å². The van der Waals surface area contributed by atoms with Gasteiger partial charge in [0.1, 0.15) is 35.6 Å². The number of hydrogen-bond donors (Lipinski definition) is 1. The van der Waals surface area contributed by atoms with Gasteiger partial charge in [0.2, 0.25) is 5.89 Å². The highest BCUT2D eigenvalue weighted by molar-refractivity contribution is 5.92. The predicted molar refractivity (Wildman–Crippen MR) is 112 cm³/mol. The molecule has 1 aliphatic heterocycles. The second-order valence-electron chi connectivity index (χ2n) is 7.38. The zero-order valence-corrected chi connectivity index (χ0v) is 16.3. The Hall–Kier alpha value is -3.87. The minimum absolute atomic E-state index is 0.0517. The summed E-state index contributed by atoms with van der Waals surface area (Å²) in [5, 5.41) is 0.975. The summed E-state index contributed by atoms with van der Waals surface area (Å²) in [6.07, 6.45) is 4.22. The van der Waals surface area contributed by atoms with E-state index in [2.05, 4.69) is 15.0 Å². The number of oxazole rings is 1. The van der Waals surface area contributed by atoms with Gasteiger partial charge in [-0.25, -0.2) is 15.0 Å². The maximum atomic E-state index is 6.16. The van der Waals surface area contributed by atoms with E-state index in [0.717, 1.165) is 56.9 Å². The number of nitrogens with one attached hydrogen (secondary N) is 1. The standard InChI is InChI=1S/C23H18N4O3/c1-28-16-3-5-19-14(9-16)8-15(11-29-19)23-27-18-4-2-13(10-20(18)30-23)21-17-6-7-24-22(17)26-12-25-21/h2-7,9-10,12,15H,8,11H2,1H3,(H,24,25,26). The number of rotatable bonds is 3. The Balaban J connectivity index is 1.36. The van der Waals surface area contributed by atoms with Gasteiger partial charge in [-0.05, 0) is 48.4 Å². The van der Waals surface area contributed by atoms with E-state index in [0.29, 0.717) is 12.5 Å². The lowest BCUT2D eigenvalue weighted by Crippen LogP contribution is -2.19. The highest BCUT2D eigenvalue weighted by Crippen LogP contribution is 2.36. The summed E-state index contributed by atoms with van der Waals surface area (Å²) in [5.74, 6) is 2.45. The summed E-state index contributed by atoms with van der Waals surface area (Å²) in [4.78, 5) is 16.6. The van der Waals surface area contributed by atoms with Gasteiger partial charge >= 0.3 is 0 Å². The monoisotopic (exact) mass is 398 g/mol. The van der Waals surface area contributed by atoms with Crippen LogP contribution >= 0.6 is 0 Å². The van der Waals surface area contributed by atoms with Crippen molar-refractivity contribution in [3.8, 4) is 22.8 Å². The molecule has 0 bridgehead atoms. The van der Waals surface area contributed by atoms with Crippen LogP contribution in [0.25, 0.3) is 33.4 Å². The number of aromatic amines is 1. The highest BCUT2D eigenvalue weighted by Gasteiger charge is 2.26. The van der Waals surface area contributed by atoms with Crippen molar-refractivity contribution in [3.63, 3.8) is 0 Å². The molecular weight excluding hydrogens is 380 g/mol. The average molecular weight is 398 g/mol. The Bertz CT molecular complexity index is 1390. The van der Waals surface area contributed by atoms with Crippen LogP contribution in [0.15, 0.2) is 59.4 Å². The first-order valence-corrected chi connectivity index (χ1v) is 9.77. The van der Waals surface area contributed by atoms with Crippen molar-refractivity contribution in [1.82, 2.24) is 19.9 Å². The molecule has 1 N–H and O–H groups in total. The predicted octanol–water partition coefficient (Wildman–Crippen LogP) is 4.49. The molecule has 7 heteroatoms. The van der Waals surface area contributed by atoms with Gasteiger partial charge in [0.25, 0.3) is 0 Å². The normalized spacial score (nSPS) is 15.8. The summed E-state index contributed by atoms with van der Waals surface area (Å²) in [7, 11) is 1.67. The molecule has 30 heavy (non-hydrogen) atoms. The zero-order valence-electron chi connectivity index (χ0n) is 16.3. The van der Waals surface area contributed by atoms with E-state index in [1.807, 2.05) is 48.7 Å². The molecule has 4 heterocycles. The summed E-state index contributed by atoms with van der Waals surface area (Å²) in [6.45, 7) is 0.537. The molecule has 6 rings (SSSR count). The van der Waals surface area contributed by atoms with Crippen LogP contribution in [0.3, 0.4) is 0 Å². The second kappa shape index (κ2) is 6.59. The van der Waals surface area contributed by atoms with Crippen LogP contribution in [-0.2, 0) is 6.42 Å². The molecule has 1 aliphatic rings. The largest absolute Gasteiger partial charge is 0.497 e. The molecule has 0 aliphatic carbocycles. The van der Waals surface area contributed by atoms with E-state index < -0.39 is 0 Å². The summed E-state index contributed by atoms with van der Waals surface area (Å²) in [5.41, 5.74) is 5.30. The lowest BCUT2D eigenvalue weighted by Gasteiger charge is -2.23. The smallest absolute Gasteiger partial charge is 0.202 e. The molecule has 7 nitrogen and oxygen atoms in total. The number of benzene rings is 2. The molecule has 1 unspecified atom stereocenters. The summed E-state index contributed by atoms with van der Waals surface area (Å²) >= 11 is 0. The van der Waals surface area contributed by atoms with Crippen LogP contribution < -0.4 is 9.47 Å². The molecule has 2 aromatic carbocycles. The minimum Gasteiger partial charge on any atom is -0.497 e. The molecule has 0 saturated heterocycles. The lowest BCUT2D eigenvalue weighted by atomic mass is 9.96. The number of methoxy groups -OCH3 is 1. The summed E-state index contributed by atoms with van der Waals surface area (Å²) < 4.78 is 17.4. The molecule has 0 saturated carbocycles. The third kappa shape index (κ3) is 2.70. The van der Waals surface area contributed by atoms with E-state index in [4.69, 9.17) is 18.9 Å². The Morgan fingerprint density at radius 3 is 3.00 bits per heavy atom. The second-order valence-corrected chi connectivity index (χ2v) is 7.38. The van der Waals surface area contributed by atoms with Gasteiger partial charge < -0.3 is 18.9 Å². The van der Waals surface area contributed by atoms with E-state index >= 15 is 0 Å². The van der Waals surface area contributed by atoms with Crippen molar-refractivity contribution < 1.29 is 13.9 Å². The molecule has 3 aromatic heterocycles. The fourth-order valence-corrected chi connectivity index (χ4v) is 4.02. The van der Waals surface area contributed by atoms with E-state index in [9.17, 15) is 0 Å². The van der Waals surface area contributed by atoms with Crippen LogP contribution in [0.1, 0.15) is 17.4 Å². The van der Waals surface area contributed by atoms with Gasteiger partial charge in [0, 0.05) is 17.1 Å². The molecule has 0 amide bonds. The maximum Gasteiger partial charge on any atom is 0.202 e. The van der Waals surface area contributed by atoms with Crippen molar-refractivity contribution in [1.29, 1.82) is 0 Å². The molecule has 0 fully saturated rings.